The molecule has 1 atom stereocenters. The summed E-state index contributed by atoms with van der Waals surface area (Å²) < 4.78 is 5.59. The number of phenols is 1. The average Bonchev–Trinajstić information content (AvgIpc) is 2.66. The van der Waals surface area contributed by atoms with Gasteiger partial charge in [-0.25, -0.2) is 0 Å². The molecule has 0 radical (unpaired) electrons. The van der Waals surface area contributed by atoms with E-state index in [1.807, 2.05) is 18.2 Å². The van der Waals surface area contributed by atoms with Crippen molar-refractivity contribution in [3.63, 3.8) is 0 Å². The Hall–Kier alpha value is -1.06. The number of nitrogens with zero attached hydrogens (tertiary/aromatic N) is 1. The van der Waals surface area contributed by atoms with Gasteiger partial charge in [-0.15, -0.1) is 0 Å². The molecule has 1 aliphatic rings. The lowest BCUT2D eigenvalue weighted by molar-refractivity contribution is 0.0335. The zero-order chi connectivity index (χ0) is 9.97. The van der Waals surface area contributed by atoms with Crippen molar-refractivity contribution in [2.45, 2.75) is 13.2 Å². The van der Waals surface area contributed by atoms with Crippen LogP contribution < -0.4 is 0 Å². The Morgan fingerprint density at radius 1 is 1.50 bits per heavy atom. The van der Waals surface area contributed by atoms with Gasteiger partial charge in [-0.2, -0.15) is 0 Å². The summed E-state index contributed by atoms with van der Waals surface area (Å²) in [7, 11) is 0. The Morgan fingerprint density at radius 3 is 3.00 bits per heavy atom. The Morgan fingerprint density at radius 2 is 2.29 bits per heavy atom. The normalized spacial score (nSPS) is 22.8. The van der Waals surface area contributed by atoms with Crippen LogP contribution in [0.2, 0.25) is 0 Å². The maximum Gasteiger partial charge on any atom is 0.140 e. The van der Waals surface area contributed by atoms with Crippen LogP contribution in [0.15, 0.2) is 24.3 Å². The lowest BCUT2D eigenvalue weighted by Crippen LogP contribution is -2.23. The molecule has 0 amide bonds. The van der Waals surface area contributed by atoms with Gasteiger partial charge in [0.25, 0.3) is 0 Å². The third-order valence-corrected chi connectivity index (χ3v) is 2.59. The van der Waals surface area contributed by atoms with Crippen molar-refractivity contribution in [2.75, 3.05) is 19.7 Å². The molecule has 0 aromatic heterocycles. The van der Waals surface area contributed by atoms with Crippen LogP contribution in [0, 0.1) is 0 Å². The molecule has 3 nitrogen and oxygen atoms in total. The largest absolute Gasteiger partial charge is 0.508 e. The second-order valence-electron chi connectivity index (χ2n) is 3.41. The van der Waals surface area contributed by atoms with Crippen LogP contribution in [0.4, 0.5) is 0 Å². The van der Waals surface area contributed by atoms with Crippen LogP contribution in [-0.2, 0) is 4.74 Å². The summed E-state index contributed by atoms with van der Waals surface area (Å²) in [5, 5.41) is 9.68. The highest BCUT2D eigenvalue weighted by Crippen LogP contribution is 2.31. The van der Waals surface area contributed by atoms with Gasteiger partial charge in [0.15, 0.2) is 0 Å². The van der Waals surface area contributed by atoms with E-state index < -0.39 is 0 Å². The number of benzene rings is 1. The van der Waals surface area contributed by atoms with E-state index in [9.17, 15) is 5.11 Å². The molecule has 1 aliphatic heterocycles. The molecule has 1 fully saturated rings. The second kappa shape index (κ2) is 3.98. The van der Waals surface area contributed by atoms with Crippen molar-refractivity contribution in [1.29, 1.82) is 0 Å². The Labute approximate surface area is 83.9 Å². The Kier molecular flexibility index (Phi) is 2.70. The molecular weight excluding hydrogens is 178 g/mol. The number of para-hydroxylation sites is 1. The summed E-state index contributed by atoms with van der Waals surface area (Å²) in [6.45, 7) is 4.73. The molecule has 0 saturated carbocycles. The molecule has 0 aliphatic carbocycles. The van der Waals surface area contributed by atoms with Crippen LogP contribution in [0.5, 0.6) is 5.75 Å². The molecule has 1 aromatic rings. The number of ether oxygens (including phenoxy) is 1. The van der Waals surface area contributed by atoms with Gasteiger partial charge in [-0.3, -0.25) is 4.90 Å². The number of hydrogen-bond acceptors (Lipinski definition) is 3. The fourth-order valence-electron chi connectivity index (χ4n) is 1.81. The highest BCUT2D eigenvalue weighted by atomic mass is 16.5. The lowest BCUT2D eigenvalue weighted by atomic mass is 10.1. The van der Waals surface area contributed by atoms with E-state index in [0.717, 1.165) is 25.3 Å². The quantitative estimate of drug-likeness (QED) is 0.776. The van der Waals surface area contributed by atoms with Crippen LogP contribution in [-0.4, -0.2) is 29.7 Å². The van der Waals surface area contributed by atoms with Crippen LogP contribution in [0.1, 0.15) is 18.7 Å². The van der Waals surface area contributed by atoms with Crippen molar-refractivity contribution < 1.29 is 9.84 Å². The molecule has 0 bridgehead atoms. The molecule has 1 saturated heterocycles. The van der Waals surface area contributed by atoms with Crippen molar-refractivity contribution >= 4 is 0 Å². The number of rotatable bonds is 2. The van der Waals surface area contributed by atoms with E-state index in [4.69, 9.17) is 4.74 Å². The van der Waals surface area contributed by atoms with Gasteiger partial charge in [0, 0.05) is 12.1 Å². The molecular formula is C11H15NO2. The fraction of sp³-hybridized carbons (Fsp3) is 0.455. The van der Waals surface area contributed by atoms with Gasteiger partial charge in [0.1, 0.15) is 12.0 Å². The van der Waals surface area contributed by atoms with Gasteiger partial charge >= 0.3 is 0 Å². The van der Waals surface area contributed by atoms with Crippen LogP contribution in [0.3, 0.4) is 0 Å². The summed E-state index contributed by atoms with van der Waals surface area (Å²) in [6.07, 6.45) is -0.0683. The molecule has 14 heavy (non-hydrogen) atoms. The zero-order valence-corrected chi connectivity index (χ0v) is 8.31. The van der Waals surface area contributed by atoms with Crippen LogP contribution >= 0.6 is 0 Å². The number of aromatic hydroxyl groups is 1. The van der Waals surface area contributed by atoms with E-state index >= 15 is 0 Å². The van der Waals surface area contributed by atoms with E-state index in [1.54, 1.807) is 6.07 Å². The molecule has 1 heterocycles. The van der Waals surface area contributed by atoms with Crippen molar-refractivity contribution in [3.8, 4) is 5.75 Å². The maximum atomic E-state index is 9.68. The minimum absolute atomic E-state index is 0.0683. The van der Waals surface area contributed by atoms with E-state index in [-0.39, 0.29) is 6.23 Å². The van der Waals surface area contributed by atoms with Crippen molar-refractivity contribution in [2.24, 2.45) is 0 Å². The Balaban J connectivity index is 2.26. The van der Waals surface area contributed by atoms with Gasteiger partial charge in [-0.05, 0) is 12.6 Å². The fourth-order valence-corrected chi connectivity index (χ4v) is 1.81. The third kappa shape index (κ3) is 1.61. The SMILES string of the molecule is CCN1CCOC1c1ccccc1O. The standard InChI is InChI=1S/C11H15NO2/c1-2-12-7-8-14-11(12)9-5-3-4-6-10(9)13/h3-6,11,13H,2,7-8H2,1H3. The molecule has 1 unspecified atom stereocenters. The molecule has 2 rings (SSSR count). The smallest absolute Gasteiger partial charge is 0.140 e. The first-order valence-electron chi connectivity index (χ1n) is 4.96. The van der Waals surface area contributed by atoms with E-state index in [1.165, 1.54) is 0 Å². The number of hydrogen-bond donors (Lipinski definition) is 1. The molecule has 1 N–H and O–H groups in total. The van der Waals surface area contributed by atoms with E-state index in [2.05, 4.69) is 11.8 Å². The van der Waals surface area contributed by atoms with Gasteiger partial charge in [0.05, 0.1) is 6.61 Å². The van der Waals surface area contributed by atoms with Crippen molar-refractivity contribution in [3.05, 3.63) is 29.8 Å². The third-order valence-electron chi connectivity index (χ3n) is 2.59. The molecule has 1 aromatic carbocycles. The highest BCUT2D eigenvalue weighted by Gasteiger charge is 2.27. The minimum atomic E-state index is -0.0683. The van der Waals surface area contributed by atoms with Crippen molar-refractivity contribution in [1.82, 2.24) is 4.90 Å². The Bertz CT molecular complexity index is 314. The lowest BCUT2D eigenvalue weighted by Gasteiger charge is -2.21. The average molecular weight is 193 g/mol. The van der Waals surface area contributed by atoms with Gasteiger partial charge in [0.2, 0.25) is 0 Å². The molecule has 3 heteroatoms. The number of phenolic OH excluding ortho intramolecular Hbond substituents is 1. The first kappa shape index (κ1) is 9.49. The second-order valence-corrected chi connectivity index (χ2v) is 3.41. The molecule has 76 valence electrons. The topological polar surface area (TPSA) is 32.7 Å². The summed E-state index contributed by atoms with van der Waals surface area (Å²) in [5.41, 5.74) is 0.867. The first-order valence-corrected chi connectivity index (χ1v) is 4.96. The van der Waals surface area contributed by atoms with Gasteiger partial charge < -0.3 is 9.84 Å². The zero-order valence-electron chi connectivity index (χ0n) is 8.31. The summed E-state index contributed by atoms with van der Waals surface area (Å²) in [4.78, 5) is 2.20. The predicted octanol–water partition coefficient (Wildman–Crippen LogP) is 1.74. The highest BCUT2D eigenvalue weighted by molar-refractivity contribution is 5.33. The summed E-state index contributed by atoms with van der Waals surface area (Å²) in [6, 6.07) is 7.35. The molecule has 0 spiro atoms. The monoisotopic (exact) mass is 193 g/mol. The predicted molar refractivity (Wildman–Crippen MR) is 54.0 cm³/mol. The van der Waals surface area contributed by atoms with E-state index in [0.29, 0.717) is 5.75 Å². The maximum absolute atomic E-state index is 9.68. The number of likely N-dealkylation sites (N-methyl/N-ethyl adjacent to an activating group) is 1. The van der Waals surface area contributed by atoms with Gasteiger partial charge in [-0.1, -0.05) is 25.1 Å². The first-order chi connectivity index (χ1) is 6.83. The minimum Gasteiger partial charge on any atom is -0.508 e. The van der Waals surface area contributed by atoms with Crippen LogP contribution in [0.25, 0.3) is 0 Å². The summed E-state index contributed by atoms with van der Waals surface area (Å²) in [5.74, 6) is 0.317. The summed E-state index contributed by atoms with van der Waals surface area (Å²) >= 11 is 0.